The highest BCUT2D eigenvalue weighted by atomic mass is 16.5. The Morgan fingerprint density at radius 2 is 1.59 bits per heavy atom. The summed E-state index contributed by atoms with van der Waals surface area (Å²) in [4.78, 5) is 13.6. The zero-order valence-corrected chi connectivity index (χ0v) is 16.4. The van der Waals surface area contributed by atoms with Gasteiger partial charge >= 0.3 is 0 Å². The Morgan fingerprint density at radius 3 is 2.41 bits per heavy atom. The lowest BCUT2D eigenvalue weighted by Gasteiger charge is -2.14. The molecule has 0 saturated heterocycles. The molecule has 1 saturated carbocycles. The Labute approximate surface area is 171 Å². The van der Waals surface area contributed by atoms with E-state index in [4.69, 9.17) is 4.74 Å². The topological polar surface area (TPSA) is 26.3 Å². The second kappa shape index (κ2) is 7.71. The minimum atomic E-state index is 0.0944. The molecule has 0 N–H and O–H groups in total. The minimum absolute atomic E-state index is 0.0944. The largest absolute Gasteiger partial charge is 0.490 e. The van der Waals surface area contributed by atoms with E-state index in [2.05, 4.69) is 24.3 Å². The van der Waals surface area contributed by atoms with Gasteiger partial charge in [0.15, 0.2) is 5.78 Å². The molecule has 3 aromatic carbocycles. The Bertz CT molecular complexity index is 1070. The van der Waals surface area contributed by atoms with Gasteiger partial charge in [-0.05, 0) is 60.1 Å². The van der Waals surface area contributed by atoms with Crippen LogP contribution in [0.3, 0.4) is 0 Å². The molecule has 0 spiro atoms. The molecule has 2 heteroatoms. The van der Waals surface area contributed by atoms with Crippen molar-refractivity contribution in [3.05, 3.63) is 107 Å². The van der Waals surface area contributed by atoms with E-state index in [9.17, 15) is 4.79 Å². The number of hydrogen-bond acceptors (Lipinski definition) is 2. The van der Waals surface area contributed by atoms with Gasteiger partial charge in [0.1, 0.15) is 5.75 Å². The summed E-state index contributed by atoms with van der Waals surface area (Å²) in [5.74, 6) is 0.900. The molecule has 0 atom stereocenters. The third-order valence-electron chi connectivity index (χ3n) is 5.99. The summed E-state index contributed by atoms with van der Waals surface area (Å²) in [6.45, 7) is 0. The van der Waals surface area contributed by atoms with E-state index in [1.807, 2.05) is 54.6 Å². The predicted octanol–water partition coefficient (Wildman–Crippen LogP) is 6.25. The Balaban J connectivity index is 1.52. The smallest absolute Gasteiger partial charge is 0.190 e. The van der Waals surface area contributed by atoms with Crippen LogP contribution < -0.4 is 4.74 Å². The molecule has 0 bridgehead atoms. The molecule has 2 aliphatic rings. The molecule has 0 radical (unpaired) electrons. The minimum Gasteiger partial charge on any atom is -0.490 e. The number of carbonyl (C=O) groups is 1. The quantitative estimate of drug-likeness (QED) is 0.489. The van der Waals surface area contributed by atoms with E-state index in [0.29, 0.717) is 12.0 Å². The van der Waals surface area contributed by atoms with Crippen LogP contribution in [0.25, 0.3) is 5.57 Å². The Morgan fingerprint density at radius 1 is 0.828 bits per heavy atom. The normalized spacial score (nSPS) is 16.1. The standard InChI is InChI=1S/C27H24O2/c28-27(21-12-8-15-23(17-21)29-22-13-5-6-14-22)25-18-20-11-4-7-16-24(20)26(25)19-9-2-1-3-10-19/h1-4,7-12,15-17,22H,5-6,13-14,18H2. The van der Waals surface area contributed by atoms with Crippen molar-refractivity contribution in [2.24, 2.45) is 0 Å². The van der Waals surface area contributed by atoms with Crippen LogP contribution in [0, 0.1) is 0 Å². The van der Waals surface area contributed by atoms with E-state index in [1.54, 1.807) is 0 Å². The van der Waals surface area contributed by atoms with Gasteiger partial charge in [0, 0.05) is 17.6 Å². The van der Waals surface area contributed by atoms with Gasteiger partial charge in [-0.2, -0.15) is 0 Å². The van der Waals surface area contributed by atoms with Crippen LogP contribution in [0.5, 0.6) is 5.75 Å². The van der Waals surface area contributed by atoms with E-state index in [0.717, 1.165) is 35.3 Å². The molecule has 1 fully saturated rings. The van der Waals surface area contributed by atoms with Crippen molar-refractivity contribution in [2.45, 2.75) is 38.2 Å². The Hall–Kier alpha value is -3.13. The van der Waals surface area contributed by atoms with Crippen LogP contribution in [0.2, 0.25) is 0 Å². The van der Waals surface area contributed by atoms with Crippen LogP contribution in [0.4, 0.5) is 0 Å². The van der Waals surface area contributed by atoms with Gasteiger partial charge in [0.05, 0.1) is 6.10 Å². The molecule has 144 valence electrons. The fraction of sp³-hybridized carbons (Fsp3) is 0.222. The van der Waals surface area contributed by atoms with Crippen molar-refractivity contribution in [2.75, 3.05) is 0 Å². The molecule has 5 rings (SSSR count). The third-order valence-corrected chi connectivity index (χ3v) is 5.99. The fourth-order valence-corrected chi connectivity index (χ4v) is 4.57. The lowest BCUT2D eigenvalue weighted by molar-refractivity contribution is 0.103. The number of allylic oxidation sites excluding steroid dienone is 1. The summed E-state index contributed by atoms with van der Waals surface area (Å²) >= 11 is 0. The van der Waals surface area contributed by atoms with Gasteiger partial charge in [0.2, 0.25) is 0 Å². The van der Waals surface area contributed by atoms with Gasteiger partial charge in [-0.15, -0.1) is 0 Å². The summed E-state index contributed by atoms with van der Waals surface area (Å²) in [6, 6.07) is 26.3. The third kappa shape index (κ3) is 3.51. The highest BCUT2D eigenvalue weighted by Crippen LogP contribution is 2.39. The summed E-state index contributed by atoms with van der Waals surface area (Å²) in [6.07, 6.45) is 5.64. The van der Waals surface area contributed by atoms with Crippen LogP contribution in [0.15, 0.2) is 84.4 Å². The van der Waals surface area contributed by atoms with Crippen molar-refractivity contribution in [3.8, 4) is 5.75 Å². The first kappa shape index (κ1) is 17.9. The molecule has 29 heavy (non-hydrogen) atoms. The molecule has 0 aromatic heterocycles. The molecular formula is C27H24O2. The zero-order valence-electron chi connectivity index (χ0n) is 16.4. The second-order valence-electron chi connectivity index (χ2n) is 7.93. The van der Waals surface area contributed by atoms with E-state index < -0.39 is 0 Å². The monoisotopic (exact) mass is 380 g/mol. The van der Waals surface area contributed by atoms with Crippen molar-refractivity contribution < 1.29 is 9.53 Å². The van der Waals surface area contributed by atoms with Gasteiger partial charge in [-0.3, -0.25) is 4.79 Å². The molecule has 0 heterocycles. The number of hydrogen-bond donors (Lipinski definition) is 0. The average Bonchev–Trinajstić information content (AvgIpc) is 3.41. The average molecular weight is 380 g/mol. The number of ketones is 1. The van der Waals surface area contributed by atoms with Crippen molar-refractivity contribution in [3.63, 3.8) is 0 Å². The number of Topliss-reactive ketones (excluding diaryl/α,β-unsaturated/α-hetero) is 1. The van der Waals surface area contributed by atoms with E-state index in [-0.39, 0.29) is 11.9 Å². The van der Waals surface area contributed by atoms with Gasteiger partial charge in [-0.1, -0.05) is 66.7 Å². The number of fused-ring (bicyclic) bond motifs is 1. The highest BCUT2D eigenvalue weighted by Gasteiger charge is 2.27. The first-order valence-electron chi connectivity index (χ1n) is 10.5. The fourth-order valence-electron chi connectivity index (χ4n) is 4.57. The zero-order chi connectivity index (χ0) is 19.6. The highest BCUT2D eigenvalue weighted by molar-refractivity contribution is 6.16. The van der Waals surface area contributed by atoms with Gasteiger partial charge in [0.25, 0.3) is 0 Å². The molecule has 0 unspecified atom stereocenters. The lowest BCUT2D eigenvalue weighted by atomic mass is 9.94. The van der Waals surface area contributed by atoms with Crippen LogP contribution >= 0.6 is 0 Å². The van der Waals surface area contributed by atoms with Crippen molar-refractivity contribution in [1.29, 1.82) is 0 Å². The number of benzene rings is 3. The maximum absolute atomic E-state index is 13.6. The summed E-state index contributed by atoms with van der Waals surface area (Å²) in [7, 11) is 0. The number of carbonyl (C=O) groups excluding carboxylic acids is 1. The molecule has 0 amide bonds. The molecule has 3 aromatic rings. The van der Waals surface area contributed by atoms with Crippen LogP contribution in [-0.2, 0) is 6.42 Å². The SMILES string of the molecule is O=C(C1=C(c2ccccc2)c2ccccc2C1)c1cccc(OC2CCCC2)c1. The summed E-state index contributed by atoms with van der Waals surface area (Å²) < 4.78 is 6.13. The first-order chi connectivity index (χ1) is 14.3. The molecule has 0 aliphatic heterocycles. The van der Waals surface area contributed by atoms with Crippen molar-refractivity contribution in [1.82, 2.24) is 0 Å². The number of ether oxygens (including phenoxy) is 1. The maximum Gasteiger partial charge on any atom is 0.190 e. The molecule has 2 aliphatic carbocycles. The van der Waals surface area contributed by atoms with Crippen molar-refractivity contribution >= 4 is 11.4 Å². The molecule has 2 nitrogen and oxygen atoms in total. The predicted molar refractivity (Wildman–Crippen MR) is 116 cm³/mol. The Kier molecular flexibility index (Phi) is 4.77. The summed E-state index contributed by atoms with van der Waals surface area (Å²) in [5, 5.41) is 0. The van der Waals surface area contributed by atoms with Gasteiger partial charge in [-0.25, -0.2) is 0 Å². The summed E-state index contributed by atoms with van der Waals surface area (Å²) in [5.41, 5.74) is 6.12. The van der Waals surface area contributed by atoms with E-state index >= 15 is 0 Å². The lowest BCUT2D eigenvalue weighted by Crippen LogP contribution is -2.11. The van der Waals surface area contributed by atoms with Gasteiger partial charge < -0.3 is 4.74 Å². The second-order valence-corrected chi connectivity index (χ2v) is 7.93. The van der Waals surface area contributed by atoms with Crippen LogP contribution in [0.1, 0.15) is 52.7 Å². The van der Waals surface area contributed by atoms with Crippen LogP contribution in [-0.4, -0.2) is 11.9 Å². The first-order valence-corrected chi connectivity index (χ1v) is 10.5. The van der Waals surface area contributed by atoms with E-state index in [1.165, 1.54) is 24.0 Å². The molecular weight excluding hydrogens is 356 g/mol. The number of rotatable bonds is 5. The maximum atomic E-state index is 13.6.